The lowest BCUT2D eigenvalue weighted by molar-refractivity contribution is 0.254. The van der Waals surface area contributed by atoms with Crippen LogP contribution in [0.1, 0.15) is 12.8 Å². The third-order valence-electron chi connectivity index (χ3n) is 5.08. The van der Waals surface area contributed by atoms with Gasteiger partial charge in [0.15, 0.2) is 5.82 Å². The van der Waals surface area contributed by atoms with Gasteiger partial charge in [-0.05, 0) is 43.2 Å². The van der Waals surface area contributed by atoms with Gasteiger partial charge in [-0.2, -0.15) is 4.98 Å². The molecule has 1 aliphatic heterocycles. The van der Waals surface area contributed by atoms with E-state index >= 15 is 0 Å². The van der Waals surface area contributed by atoms with Gasteiger partial charge < -0.3 is 9.64 Å². The van der Waals surface area contributed by atoms with Crippen LogP contribution in [0.25, 0.3) is 11.3 Å². The fourth-order valence-corrected chi connectivity index (χ4v) is 3.52. The van der Waals surface area contributed by atoms with E-state index in [9.17, 15) is 13.6 Å². The van der Waals surface area contributed by atoms with Gasteiger partial charge >= 0.3 is 0 Å². The predicted molar refractivity (Wildman–Crippen MR) is 105 cm³/mol. The standard InChI is InChI=1S/C21H20F2N4O2/c1-26-20(28)11-19(17-8-9-24-12-18(17)23)25-21(26)29-13-16-3-2-10-27(16)15-6-4-14(22)5-7-15/h4-9,11-12,16H,2-3,10,13H2,1H3/t16-/m0/s1. The number of nitrogens with zero attached hydrogens (tertiary/aromatic N) is 4. The summed E-state index contributed by atoms with van der Waals surface area (Å²) in [4.78, 5) is 22.5. The van der Waals surface area contributed by atoms with Crippen molar-refractivity contribution in [1.29, 1.82) is 0 Å². The highest BCUT2D eigenvalue weighted by molar-refractivity contribution is 5.59. The maximum absolute atomic E-state index is 14.1. The van der Waals surface area contributed by atoms with Crippen molar-refractivity contribution in [2.75, 3.05) is 18.1 Å². The largest absolute Gasteiger partial charge is 0.462 e. The Labute approximate surface area is 166 Å². The second-order valence-corrected chi connectivity index (χ2v) is 6.95. The zero-order chi connectivity index (χ0) is 20.4. The molecule has 2 aromatic heterocycles. The molecule has 4 rings (SSSR count). The van der Waals surface area contributed by atoms with E-state index < -0.39 is 5.82 Å². The molecular formula is C21H20F2N4O2. The number of ether oxygens (including phenoxy) is 1. The van der Waals surface area contributed by atoms with Gasteiger partial charge in [-0.1, -0.05) is 0 Å². The van der Waals surface area contributed by atoms with E-state index in [0.29, 0.717) is 6.61 Å². The molecule has 0 spiro atoms. The first-order valence-corrected chi connectivity index (χ1v) is 9.36. The summed E-state index contributed by atoms with van der Waals surface area (Å²) in [6, 6.07) is 9.28. The summed E-state index contributed by atoms with van der Waals surface area (Å²) in [7, 11) is 1.56. The molecule has 1 aliphatic rings. The molecule has 29 heavy (non-hydrogen) atoms. The van der Waals surface area contributed by atoms with Gasteiger partial charge in [0.05, 0.1) is 17.9 Å². The van der Waals surface area contributed by atoms with Crippen molar-refractivity contribution in [2.24, 2.45) is 7.05 Å². The number of hydrogen-bond acceptors (Lipinski definition) is 5. The molecule has 1 atom stereocenters. The molecule has 6 nitrogen and oxygen atoms in total. The van der Waals surface area contributed by atoms with Crippen LogP contribution in [0.5, 0.6) is 6.01 Å². The number of rotatable bonds is 5. The van der Waals surface area contributed by atoms with Gasteiger partial charge in [-0.15, -0.1) is 0 Å². The zero-order valence-corrected chi connectivity index (χ0v) is 15.9. The summed E-state index contributed by atoms with van der Waals surface area (Å²) >= 11 is 0. The van der Waals surface area contributed by atoms with Crippen molar-refractivity contribution in [3.63, 3.8) is 0 Å². The number of pyridine rings is 1. The second kappa shape index (κ2) is 7.98. The smallest absolute Gasteiger partial charge is 0.299 e. The molecule has 1 aromatic carbocycles. The molecular weight excluding hydrogens is 378 g/mol. The van der Waals surface area contributed by atoms with Crippen molar-refractivity contribution in [2.45, 2.75) is 18.9 Å². The van der Waals surface area contributed by atoms with Crippen LogP contribution in [-0.4, -0.2) is 33.7 Å². The van der Waals surface area contributed by atoms with Crippen molar-refractivity contribution in [3.8, 4) is 17.3 Å². The number of anilines is 1. The minimum absolute atomic E-state index is 0.0682. The second-order valence-electron chi connectivity index (χ2n) is 6.95. The van der Waals surface area contributed by atoms with Crippen LogP contribution in [0.2, 0.25) is 0 Å². The van der Waals surface area contributed by atoms with Gasteiger partial charge in [0, 0.05) is 37.1 Å². The third-order valence-corrected chi connectivity index (χ3v) is 5.08. The average Bonchev–Trinajstić information content (AvgIpc) is 3.18. The Balaban J connectivity index is 1.55. The minimum atomic E-state index is -0.558. The van der Waals surface area contributed by atoms with Gasteiger partial charge in [-0.3, -0.25) is 14.3 Å². The Bertz CT molecular complexity index is 1070. The number of benzene rings is 1. The summed E-state index contributed by atoms with van der Waals surface area (Å²) in [5.74, 6) is -0.836. The van der Waals surface area contributed by atoms with Crippen LogP contribution in [0.4, 0.5) is 14.5 Å². The number of halogens is 2. The van der Waals surface area contributed by atoms with E-state index in [1.165, 1.54) is 35.0 Å². The molecule has 1 fully saturated rings. The SMILES string of the molecule is Cn1c(OC[C@@H]2CCCN2c2ccc(F)cc2)nc(-c2ccncc2F)cc1=O. The fraction of sp³-hybridized carbons (Fsp3) is 0.286. The number of aromatic nitrogens is 3. The lowest BCUT2D eigenvalue weighted by atomic mass is 10.2. The van der Waals surface area contributed by atoms with Gasteiger partial charge in [0.2, 0.25) is 0 Å². The Morgan fingerprint density at radius 2 is 2.00 bits per heavy atom. The van der Waals surface area contributed by atoms with Crippen LogP contribution in [0.3, 0.4) is 0 Å². The van der Waals surface area contributed by atoms with Crippen molar-refractivity contribution in [3.05, 3.63) is 70.8 Å². The first-order chi connectivity index (χ1) is 14.0. The topological polar surface area (TPSA) is 60.2 Å². The van der Waals surface area contributed by atoms with Crippen LogP contribution in [0.15, 0.2) is 53.6 Å². The van der Waals surface area contributed by atoms with Crippen molar-refractivity contribution >= 4 is 5.69 Å². The molecule has 8 heteroatoms. The van der Waals surface area contributed by atoms with Crippen LogP contribution < -0.4 is 15.2 Å². The zero-order valence-electron chi connectivity index (χ0n) is 15.9. The molecule has 0 saturated carbocycles. The molecule has 1 saturated heterocycles. The lowest BCUT2D eigenvalue weighted by Gasteiger charge is -2.26. The Morgan fingerprint density at radius 3 is 2.76 bits per heavy atom. The van der Waals surface area contributed by atoms with Crippen molar-refractivity contribution < 1.29 is 13.5 Å². The number of hydrogen-bond donors (Lipinski definition) is 0. The Hall–Kier alpha value is -3.29. The van der Waals surface area contributed by atoms with E-state index in [1.54, 1.807) is 19.2 Å². The molecule has 0 N–H and O–H groups in total. The first kappa shape index (κ1) is 19.0. The van der Waals surface area contributed by atoms with Crippen molar-refractivity contribution in [1.82, 2.24) is 14.5 Å². The lowest BCUT2D eigenvalue weighted by Crippen LogP contribution is -2.35. The predicted octanol–water partition coefficient (Wildman–Crippen LogP) is 3.17. The molecule has 3 aromatic rings. The molecule has 0 amide bonds. The maximum Gasteiger partial charge on any atom is 0.299 e. The van der Waals surface area contributed by atoms with Crippen LogP contribution in [-0.2, 0) is 7.05 Å². The monoisotopic (exact) mass is 398 g/mol. The summed E-state index contributed by atoms with van der Waals surface area (Å²) in [5, 5.41) is 0. The quantitative estimate of drug-likeness (QED) is 0.661. The molecule has 0 aliphatic carbocycles. The maximum atomic E-state index is 14.1. The van der Waals surface area contributed by atoms with Crippen LogP contribution in [0, 0.1) is 11.6 Å². The van der Waals surface area contributed by atoms with Gasteiger partial charge in [0.25, 0.3) is 11.6 Å². The molecule has 3 heterocycles. The summed E-state index contributed by atoms with van der Waals surface area (Å²) in [6.07, 6.45) is 4.41. The molecule has 150 valence electrons. The van der Waals surface area contributed by atoms with E-state index in [1.807, 2.05) is 0 Å². The summed E-state index contributed by atoms with van der Waals surface area (Å²) in [6.45, 7) is 1.15. The highest BCUT2D eigenvalue weighted by Crippen LogP contribution is 2.26. The van der Waals surface area contributed by atoms with E-state index in [-0.39, 0.29) is 34.7 Å². The molecule has 0 radical (unpaired) electrons. The normalized spacial score (nSPS) is 16.2. The highest BCUT2D eigenvalue weighted by atomic mass is 19.1. The third kappa shape index (κ3) is 3.96. The van der Waals surface area contributed by atoms with Gasteiger partial charge in [0.1, 0.15) is 12.4 Å². The average molecular weight is 398 g/mol. The van der Waals surface area contributed by atoms with E-state index in [4.69, 9.17) is 4.74 Å². The Kier molecular flexibility index (Phi) is 5.24. The van der Waals surface area contributed by atoms with Gasteiger partial charge in [-0.25, -0.2) is 8.78 Å². The Morgan fingerprint density at radius 1 is 1.21 bits per heavy atom. The molecule has 0 bridgehead atoms. The summed E-state index contributed by atoms with van der Waals surface area (Å²) in [5.41, 5.74) is 0.969. The van der Waals surface area contributed by atoms with E-state index in [0.717, 1.165) is 31.3 Å². The first-order valence-electron chi connectivity index (χ1n) is 9.36. The fourth-order valence-electron chi connectivity index (χ4n) is 3.52. The minimum Gasteiger partial charge on any atom is -0.462 e. The summed E-state index contributed by atoms with van der Waals surface area (Å²) < 4.78 is 34.4. The van der Waals surface area contributed by atoms with E-state index in [2.05, 4.69) is 14.9 Å². The molecule has 0 unspecified atom stereocenters. The highest BCUT2D eigenvalue weighted by Gasteiger charge is 2.26. The van der Waals surface area contributed by atoms with Crippen LogP contribution >= 0.6 is 0 Å².